The molecule has 0 amide bonds. The lowest BCUT2D eigenvalue weighted by Gasteiger charge is -2.16. The number of hydrogen-bond acceptors (Lipinski definition) is 4. The van der Waals surface area contributed by atoms with Gasteiger partial charge in [-0.3, -0.25) is 9.59 Å². The van der Waals surface area contributed by atoms with Crippen molar-refractivity contribution in [2.24, 2.45) is 5.92 Å². The van der Waals surface area contributed by atoms with E-state index in [1.54, 1.807) is 0 Å². The highest BCUT2D eigenvalue weighted by Crippen LogP contribution is 2.20. The normalized spacial score (nSPS) is 12.1. The van der Waals surface area contributed by atoms with Gasteiger partial charge in [0.25, 0.3) is 0 Å². The van der Waals surface area contributed by atoms with Crippen LogP contribution in [0.5, 0.6) is 0 Å². The molecule has 0 rings (SSSR count). The van der Waals surface area contributed by atoms with E-state index in [0.29, 0.717) is 13.2 Å². The molecule has 0 aromatic rings. The first-order chi connectivity index (χ1) is 25.7. The van der Waals surface area contributed by atoms with Crippen molar-refractivity contribution < 1.29 is 19.1 Å². The summed E-state index contributed by atoms with van der Waals surface area (Å²) in [4.78, 5) is 25.8. The van der Waals surface area contributed by atoms with Crippen molar-refractivity contribution in [2.75, 3.05) is 13.2 Å². The molecule has 4 nitrogen and oxygen atoms in total. The van der Waals surface area contributed by atoms with Gasteiger partial charge in [0.1, 0.15) is 0 Å². The molecule has 0 heterocycles. The Hall–Kier alpha value is -1.32. The van der Waals surface area contributed by atoms with E-state index in [2.05, 4.69) is 32.9 Å². The molecule has 52 heavy (non-hydrogen) atoms. The van der Waals surface area contributed by atoms with E-state index in [1.807, 2.05) is 0 Å². The Labute approximate surface area is 326 Å². The maximum Gasteiger partial charge on any atom is 0.309 e. The van der Waals surface area contributed by atoms with E-state index in [1.165, 1.54) is 193 Å². The summed E-state index contributed by atoms with van der Waals surface area (Å²) in [5, 5.41) is 0. The Bertz CT molecular complexity index is 747. The Morgan fingerprint density at radius 3 is 1.08 bits per heavy atom. The highest BCUT2D eigenvalue weighted by atomic mass is 16.5. The summed E-state index contributed by atoms with van der Waals surface area (Å²) in [7, 11) is 0. The lowest BCUT2D eigenvalue weighted by molar-refractivity contribution is -0.155. The minimum atomic E-state index is -0.363. The smallest absolute Gasteiger partial charge is 0.309 e. The lowest BCUT2D eigenvalue weighted by Crippen LogP contribution is -2.23. The van der Waals surface area contributed by atoms with E-state index in [0.717, 1.165) is 44.9 Å². The van der Waals surface area contributed by atoms with Crippen LogP contribution in [-0.2, 0) is 19.1 Å². The summed E-state index contributed by atoms with van der Waals surface area (Å²) in [5.41, 5.74) is 0. The molecule has 0 aliphatic carbocycles. The molecular formula is C48H92O4. The van der Waals surface area contributed by atoms with Gasteiger partial charge in [0, 0.05) is 0 Å². The monoisotopic (exact) mass is 733 g/mol. The predicted molar refractivity (Wildman–Crippen MR) is 227 cm³/mol. The first kappa shape index (κ1) is 50.7. The quantitative estimate of drug-likeness (QED) is 0.0356. The molecule has 0 aliphatic rings. The van der Waals surface area contributed by atoms with Gasteiger partial charge in [-0.1, -0.05) is 226 Å². The summed E-state index contributed by atoms with van der Waals surface area (Å²) in [5.74, 6) is -0.776. The van der Waals surface area contributed by atoms with Gasteiger partial charge < -0.3 is 9.47 Å². The highest BCUT2D eigenvalue weighted by molar-refractivity contribution is 5.79. The Morgan fingerprint density at radius 1 is 0.385 bits per heavy atom. The molecule has 1 unspecified atom stereocenters. The van der Waals surface area contributed by atoms with Crippen molar-refractivity contribution in [2.45, 2.75) is 265 Å². The molecule has 0 N–H and O–H groups in total. The third-order valence-electron chi connectivity index (χ3n) is 10.8. The Morgan fingerprint density at radius 2 is 0.692 bits per heavy atom. The van der Waals surface area contributed by atoms with Gasteiger partial charge in [-0.05, 0) is 44.9 Å². The fraction of sp³-hybridized carbons (Fsp3) is 0.917. The first-order valence-electron chi connectivity index (χ1n) is 23.6. The van der Waals surface area contributed by atoms with Crippen LogP contribution in [0.1, 0.15) is 265 Å². The third-order valence-corrected chi connectivity index (χ3v) is 10.8. The van der Waals surface area contributed by atoms with Crippen molar-refractivity contribution in [3.05, 3.63) is 12.2 Å². The molecular weight excluding hydrogens is 641 g/mol. The molecule has 308 valence electrons. The van der Waals surface area contributed by atoms with Crippen LogP contribution in [0.3, 0.4) is 0 Å². The van der Waals surface area contributed by atoms with Crippen LogP contribution in [0.2, 0.25) is 0 Å². The SMILES string of the molecule is CCCCCCC/C=C/CCCCCCCCCCCC(CC(=O)OCCCCCCCCCCCC)C(=O)OCCCCCCCCCCCC. The Balaban J connectivity index is 4.19. The zero-order valence-electron chi connectivity index (χ0n) is 35.6. The molecule has 0 aromatic carbocycles. The molecule has 4 heteroatoms. The van der Waals surface area contributed by atoms with Gasteiger partial charge in [0.2, 0.25) is 0 Å². The predicted octanol–water partition coefficient (Wildman–Crippen LogP) is 16.1. The van der Waals surface area contributed by atoms with E-state index >= 15 is 0 Å². The fourth-order valence-corrected chi connectivity index (χ4v) is 7.21. The molecule has 1 atom stereocenters. The molecule has 0 saturated heterocycles. The fourth-order valence-electron chi connectivity index (χ4n) is 7.21. The molecule has 0 saturated carbocycles. The van der Waals surface area contributed by atoms with Crippen LogP contribution in [0.4, 0.5) is 0 Å². The number of rotatable bonds is 43. The molecule has 0 radical (unpaired) electrons. The van der Waals surface area contributed by atoms with Crippen LogP contribution < -0.4 is 0 Å². The van der Waals surface area contributed by atoms with E-state index in [-0.39, 0.29) is 24.3 Å². The molecule has 0 fully saturated rings. The summed E-state index contributed by atoms with van der Waals surface area (Å²) in [6, 6.07) is 0. The first-order valence-corrected chi connectivity index (χ1v) is 23.6. The standard InChI is InChI=1S/C48H92O4/c1-4-7-10-13-16-19-22-23-24-25-26-27-28-29-30-33-36-39-42-46(48(50)52-44-41-38-35-32-21-18-15-12-9-6-3)45-47(49)51-43-40-37-34-31-20-17-14-11-8-5-2/h22-23,46H,4-21,24-45H2,1-3H3/b23-22+. The largest absolute Gasteiger partial charge is 0.466 e. The van der Waals surface area contributed by atoms with Crippen LogP contribution in [-0.4, -0.2) is 25.2 Å². The summed E-state index contributed by atoms with van der Waals surface area (Å²) >= 11 is 0. The highest BCUT2D eigenvalue weighted by Gasteiger charge is 2.24. The number of ether oxygens (including phenoxy) is 2. The topological polar surface area (TPSA) is 52.6 Å². The second-order valence-electron chi connectivity index (χ2n) is 16.1. The van der Waals surface area contributed by atoms with Crippen molar-refractivity contribution in [1.82, 2.24) is 0 Å². The number of allylic oxidation sites excluding steroid dienone is 2. The minimum Gasteiger partial charge on any atom is -0.466 e. The van der Waals surface area contributed by atoms with E-state index in [4.69, 9.17) is 9.47 Å². The minimum absolute atomic E-state index is 0.169. The second-order valence-corrected chi connectivity index (χ2v) is 16.1. The van der Waals surface area contributed by atoms with Crippen LogP contribution in [0.15, 0.2) is 12.2 Å². The average Bonchev–Trinajstić information content (AvgIpc) is 3.14. The van der Waals surface area contributed by atoms with Gasteiger partial charge in [0.05, 0.1) is 25.6 Å². The van der Waals surface area contributed by atoms with Gasteiger partial charge in [-0.15, -0.1) is 0 Å². The molecule has 0 aromatic heterocycles. The molecule has 0 aliphatic heterocycles. The number of unbranched alkanes of at least 4 members (excludes halogenated alkanes) is 32. The second kappa shape index (κ2) is 44.1. The average molecular weight is 733 g/mol. The van der Waals surface area contributed by atoms with Gasteiger partial charge in [-0.25, -0.2) is 0 Å². The zero-order valence-corrected chi connectivity index (χ0v) is 35.6. The number of carbonyl (C=O) groups excluding carboxylic acids is 2. The summed E-state index contributed by atoms with van der Waals surface area (Å²) in [6.45, 7) is 7.77. The number of hydrogen-bond donors (Lipinski definition) is 0. The lowest BCUT2D eigenvalue weighted by atomic mass is 9.97. The van der Waals surface area contributed by atoms with E-state index < -0.39 is 0 Å². The molecule has 0 spiro atoms. The summed E-state index contributed by atoms with van der Waals surface area (Å²) < 4.78 is 11.3. The maximum absolute atomic E-state index is 13.1. The maximum atomic E-state index is 13.1. The van der Waals surface area contributed by atoms with Crippen LogP contribution >= 0.6 is 0 Å². The van der Waals surface area contributed by atoms with Crippen molar-refractivity contribution in [3.63, 3.8) is 0 Å². The van der Waals surface area contributed by atoms with Crippen LogP contribution in [0.25, 0.3) is 0 Å². The van der Waals surface area contributed by atoms with Crippen molar-refractivity contribution in [1.29, 1.82) is 0 Å². The van der Waals surface area contributed by atoms with E-state index in [9.17, 15) is 9.59 Å². The number of carbonyl (C=O) groups is 2. The Kier molecular flexibility index (Phi) is 43.0. The van der Waals surface area contributed by atoms with Crippen LogP contribution in [0, 0.1) is 5.92 Å². The third kappa shape index (κ3) is 39.9. The van der Waals surface area contributed by atoms with Gasteiger partial charge in [0.15, 0.2) is 0 Å². The van der Waals surface area contributed by atoms with Gasteiger partial charge in [-0.2, -0.15) is 0 Å². The zero-order chi connectivity index (χ0) is 37.8. The van der Waals surface area contributed by atoms with Crippen molar-refractivity contribution in [3.8, 4) is 0 Å². The van der Waals surface area contributed by atoms with Crippen molar-refractivity contribution >= 4 is 11.9 Å². The number of esters is 2. The van der Waals surface area contributed by atoms with Gasteiger partial charge >= 0.3 is 11.9 Å². The summed E-state index contributed by atoms with van der Waals surface area (Å²) in [6.07, 6.45) is 51.5. The molecule has 0 bridgehead atoms.